The second kappa shape index (κ2) is 4.65. The van der Waals surface area contributed by atoms with Gasteiger partial charge in [0.25, 0.3) is 5.56 Å². The lowest BCUT2D eigenvalue weighted by molar-refractivity contribution is 0.0529. The molecule has 1 saturated heterocycles. The molecule has 0 amide bonds. The lowest BCUT2D eigenvalue weighted by Gasteiger charge is -2.31. The van der Waals surface area contributed by atoms with Crippen LogP contribution in [0.15, 0.2) is 10.9 Å². The molecule has 1 fully saturated rings. The Balaban J connectivity index is 2.25. The number of aryl methyl sites for hydroxylation is 1. The summed E-state index contributed by atoms with van der Waals surface area (Å²) in [5, 5.41) is 0. The van der Waals surface area contributed by atoms with Crippen molar-refractivity contribution in [3.05, 3.63) is 22.2 Å². The largest absolute Gasteiger partial charge is 0.375 e. The normalized spacial score (nSPS) is 21.1. The van der Waals surface area contributed by atoms with Gasteiger partial charge in [0, 0.05) is 25.6 Å². The van der Waals surface area contributed by atoms with Gasteiger partial charge in [0.1, 0.15) is 11.6 Å². The highest BCUT2D eigenvalue weighted by Crippen LogP contribution is 2.13. The zero-order valence-corrected chi connectivity index (χ0v) is 9.69. The molecular weight excluding hydrogens is 206 g/mol. The Hall–Kier alpha value is -1.36. The number of nitrogens with zero attached hydrogens (tertiary/aromatic N) is 2. The van der Waals surface area contributed by atoms with Gasteiger partial charge in [0.2, 0.25) is 0 Å². The maximum absolute atomic E-state index is 11.4. The van der Waals surface area contributed by atoms with E-state index in [1.807, 2.05) is 13.8 Å². The number of rotatable bonds is 2. The van der Waals surface area contributed by atoms with Gasteiger partial charge in [0.05, 0.1) is 12.7 Å². The van der Waals surface area contributed by atoms with E-state index in [2.05, 4.69) is 14.9 Å². The molecule has 1 N–H and O–H groups in total. The Morgan fingerprint density at radius 3 is 3.19 bits per heavy atom. The first-order valence-electron chi connectivity index (χ1n) is 5.66. The zero-order chi connectivity index (χ0) is 11.5. The fraction of sp³-hybridized carbons (Fsp3) is 0.636. The second-order valence-corrected chi connectivity index (χ2v) is 4.03. The van der Waals surface area contributed by atoms with E-state index >= 15 is 0 Å². The Labute approximate surface area is 94.5 Å². The van der Waals surface area contributed by atoms with Gasteiger partial charge in [-0.15, -0.1) is 0 Å². The maximum Gasteiger partial charge on any atom is 0.252 e. The third-order valence-corrected chi connectivity index (χ3v) is 2.68. The Kier molecular flexibility index (Phi) is 3.24. The average Bonchev–Trinajstić information content (AvgIpc) is 2.28. The molecule has 5 nitrogen and oxygen atoms in total. The van der Waals surface area contributed by atoms with Crippen molar-refractivity contribution < 1.29 is 4.74 Å². The zero-order valence-electron chi connectivity index (χ0n) is 9.69. The number of hydrogen-bond donors (Lipinski definition) is 1. The molecule has 88 valence electrons. The Bertz CT molecular complexity index is 416. The summed E-state index contributed by atoms with van der Waals surface area (Å²) in [7, 11) is 0. The van der Waals surface area contributed by atoms with Crippen LogP contribution in [0.3, 0.4) is 0 Å². The van der Waals surface area contributed by atoms with Gasteiger partial charge in [-0.3, -0.25) is 4.79 Å². The van der Waals surface area contributed by atoms with Gasteiger partial charge in [0.15, 0.2) is 0 Å². The van der Waals surface area contributed by atoms with Crippen molar-refractivity contribution in [3.63, 3.8) is 0 Å². The minimum absolute atomic E-state index is 0.0824. The predicted molar refractivity (Wildman–Crippen MR) is 61.9 cm³/mol. The number of H-pyrrole nitrogens is 1. The number of aromatic nitrogens is 2. The van der Waals surface area contributed by atoms with E-state index in [0.29, 0.717) is 6.61 Å². The standard InChI is InChI=1S/C11H17N3O2/c1-3-9-12-10(6-11(15)13-9)14-4-5-16-8(2)7-14/h6,8H,3-5,7H2,1-2H3,(H,12,13,15). The number of hydrogen-bond acceptors (Lipinski definition) is 4. The molecule has 0 radical (unpaired) electrons. The summed E-state index contributed by atoms with van der Waals surface area (Å²) < 4.78 is 5.46. The molecule has 2 rings (SSSR count). The quantitative estimate of drug-likeness (QED) is 0.795. The first-order valence-corrected chi connectivity index (χ1v) is 5.66. The number of aromatic amines is 1. The van der Waals surface area contributed by atoms with Crippen molar-refractivity contribution in [1.82, 2.24) is 9.97 Å². The second-order valence-electron chi connectivity index (χ2n) is 4.03. The van der Waals surface area contributed by atoms with E-state index in [0.717, 1.165) is 31.2 Å². The van der Waals surface area contributed by atoms with E-state index in [4.69, 9.17) is 4.74 Å². The molecular formula is C11H17N3O2. The monoisotopic (exact) mass is 223 g/mol. The molecule has 1 atom stereocenters. The van der Waals surface area contributed by atoms with E-state index in [1.54, 1.807) is 6.07 Å². The third-order valence-electron chi connectivity index (χ3n) is 2.68. The highest BCUT2D eigenvalue weighted by Gasteiger charge is 2.18. The molecule has 1 aromatic rings. The highest BCUT2D eigenvalue weighted by atomic mass is 16.5. The van der Waals surface area contributed by atoms with Gasteiger partial charge >= 0.3 is 0 Å². The van der Waals surface area contributed by atoms with Gasteiger partial charge in [-0.1, -0.05) is 6.92 Å². The van der Waals surface area contributed by atoms with Crippen LogP contribution in [0.1, 0.15) is 19.7 Å². The maximum atomic E-state index is 11.4. The molecule has 5 heteroatoms. The van der Waals surface area contributed by atoms with E-state index in [1.165, 1.54) is 0 Å². The van der Waals surface area contributed by atoms with Crippen molar-refractivity contribution in [2.45, 2.75) is 26.4 Å². The minimum Gasteiger partial charge on any atom is -0.375 e. The van der Waals surface area contributed by atoms with E-state index < -0.39 is 0 Å². The lowest BCUT2D eigenvalue weighted by Crippen LogP contribution is -2.42. The summed E-state index contributed by atoms with van der Waals surface area (Å²) in [5.41, 5.74) is -0.0824. The van der Waals surface area contributed by atoms with Crippen molar-refractivity contribution in [2.75, 3.05) is 24.6 Å². The van der Waals surface area contributed by atoms with Gasteiger partial charge in [-0.25, -0.2) is 4.98 Å². The van der Waals surface area contributed by atoms with Crippen LogP contribution in [-0.4, -0.2) is 35.8 Å². The molecule has 16 heavy (non-hydrogen) atoms. The molecule has 1 aliphatic heterocycles. The first-order chi connectivity index (χ1) is 7.69. The van der Waals surface area contributed by atoms with E-state index in [9.17, 15) is 4.79 Å². The van der Waals surface area contributed by atoms with Crippen molar-refractivity contribution in [2.24, 2.45) is 0 Å². The summed E-state index contributed by atoms with van der Waals surface area (Å²) in [6, 6.07) is 1.55. The summed E-state index contributed by atoms with van der Waals surface area (Å²) in [6.45, 7) is 6.28. The van der Waals surface area contributed by atoms with Crippen LogP contribution in [0.4, 0.5) is 5.82 Å². The van der Waals surface area contributed by atoms with Gasteiger partial charge in [-0.2, -0.15) is 0 Å². The highest BCUT2D eigenvalue weighted by molar-refractivity contribution is 5.38. The predicted octanol–water partition coefficient (Wildman–Crippen LogP) is 0.557. The molecule has 0 spiro atoms. The van der Waals surface area contributed by atoms with Gasteiger partial charge < -0.3 is 14.6 Å². The molecule has 1 aromatic heterocycles. The first kappa shape index (κ1) is 11.1. The van der Waals surface area contributed by atoms with Crippen LogP contribution in [0, 0.1) is 0 Å². The Morgan fingerprint density at radius 2 is 2.50 bits per heavy atom. The van der Waals surface area contributed by atoms with Crippen molar-refractivity contribution >= 4 is 5.82 Å². The molecule has 0 aliphatic carbocycles. The third kappa shape index (κ3) is 2.41. The lowest BCUT2D eigenvalue weighted by atomic mass is 10.3. The smallest absolute Gasteiger partial charge is 0.252 e. The van der Waals surface area contributed by atoms with Crippen molar-refractivity contribution in [1.29, 1.82) is 0 Å². The summed E-state index contributed by atoms with van der Waals surface area (Å²) >= 11 is 0. The van der Waals surface area contributed by atoms with Crippen LogP contribution in [-0.2, 0) is 11.2 Å². The summed E-state index contributed by atoms with van der Waals surface area (Å²) in [6.07, 6.45) is 0.933. The van der Waals surface area contributed by atoms with Gasteiger partial charge in [-0.05, 0) is 6.92 Å². The van der Waals surface area contributed by atoms with Crippen LogP contribution >= 0.6 is 0 Å². The molecule has 0 bridgehead atoms. The Morgan fingerprint density at radius 1 is 1.69 bits per heavy atom. The average molecular weight is 223 g/mol. The molecule has 1 unspecified atom stereocenters. The minimum atomic E-state index is -0.0824. The topological polar surface area (TPSA) is 58.2 Å². The van der Waals surface area contributed by atoms with E-state index in [-0.39, 0.29) is 11.7 Å². The molecule has 0 saturated carbocycles. The summed E-state index contributed by atoms with van der Waals surface area (Å²) in [4.78, 5) is 20.7. The molecule has 0 aromatic carbocycles. The number of morpholine rings is 1. The van der Waals surface area contributed by atoms with Crippen LogP contribution < -0.4 is 10.5 Å². The molecule has 2 heterocycles. The number of anilines is 1. The fourth-order valence-corrected chi connectivity index (χ4v) is 1.85. The SMILES string of the molecule is CCc1nc(N2CCOC(C)C2)cc(=O)[nH]1. The van der Waals surface area contributed by atoms with Crippen molar-refractivity contribution in [3.8, 4) is 0 Å². The number of ether oxygens (including phenoxy) is 1. The fourth-order valence-electron chi connectivity index (χ4n) is 1.85. The van der Waals surface area contributed by atoms with Crippen LogP contribution in [0.25, 0.3) is 0 Å². The van der Waals surface area contributed by atoms with Crippen LogP contribution in [0.2, 0.25) is 0 Å². The molecule has 1 aliphatic rings. The van der Waals surface area contributed by atoms with Crippen LogP contribution in [0.5, 0.6) is 0 Å². The number of nitrogens with one attached hydrogen (secondary N) is 1. The summed E-state index contributed by atoms with van der Waals surface area (Å²) in [5.74, 6) is 1.50.